The van der Waals surface area contributed by atoms with Crippen LogP contribution in [0.25, 0.3) is 11.3 Å². The van der Waals surface area contributed by atoms with Crippen LogP contribution in [0.15, 0.2) is 60.7 Å². The number of para-hydroxylation sites is 2. The molecule has 140 valence electrons. The predicted octanol–water partition coefficient (Wildman–Crippen LogP) is 4.34. The molecule has 0 aliphatic heterocycles. The SMILES string of the molecule is CCOc1ccccc1Nc1nc(NCCOC)cc(-c2ccccc2)n1. The van der Waals surface area contributed by atoms with Crippen molar-refractivity contribution in [1.29, 1.82) is 0 Å². The van der Waals surface area contributed by atoms with E-state index in [0.717, 1.165) is 28.5 Å². The fourth-order valence-electron chi connectivity index (χ4n) is 2.60. The van der Waals surface area contributed by atoms with Gasteiger partial charge in [-0.3, -0.25) is 0 Å². The molecule has 0 saturated heterocycles. The molecule has 0 aliphatic carbocycles. The Hall–Kier alpha value is -3.12. The van der Waals surface area contributed by atoms with Crippen LogP contribution in [0.4, 0.5) is 17.5 Å². The van der Waals surface area contributed by atoms with E-state index < -0.39 is 0 Å². The second-order valence-electron chi connectivity index (χ2n) is 5.80. The van der Waals surface area contributed by atoms with Crippen LogP contribution in [0.3, 0.4) is 0 Å². The lowest BCUT2D eigenvalue weighted by Gasteiger charge is -2.14. The first-order valence-corrected chi connectivity index (χ1v) is 8.96. The average molecular weight is 364 g/mol. The fourth-order valence-corrected chi connectivity index (χ4v) is 2.60. The van der Waals surface area contributed by atoms with E-state index in [4.69, 9.17) is 9.47 Å². The van der Waals surface area contributed by atoms with E-state index in [2.05, 4.69) is 20.6 Å². The van der Waals surface area contributed by atoms with E-state index in [1.807, 2.05) is 67.6 Å². The van der Waals surface area contributed by atoms with E-state index in [1.165, 1.54) is 0 Å². The molecule has 0 fully saturated rings. The lowest BCUT2D eigenvalue weighted by atomic mass is 10.1. The monoisotopic (exact) mass is 364 g/mol. The number of aromatic nitrogens is 2. The Morgan fingerprint density at radius 2 is 1.74 bits per heavy atom. The van der Waals surface area contributed by atoms with Gasteiger partial charge in [0.05, 0.1) is 24.6 Å². The average Bonchev–Trinajstić information content (AvgIpc) is 2.70. The van der Waals surface area contributed by atoms with Gasteiger partial charge in [0.25, 0.3) is 0 Å². The van der Waals surface area contributed by atoms with Crippen LogP contribution in [0, 0.1) is 0 Å². The molecule has 2 N–H and O–H groups in total. The van der Waals surface area contributed by atoms with Crippen molar-refractivity contribution in [3.05, 3.63) is 60.7 Å². The highest BCUT2D eigenvalue weighted by molar-refractivity contribution is 5.68. The second-order valence-corrected chi connectivity index (χ2v) is 5.80. The van der Waals surface area contributed by atoms with Gasteiger partial charge in [-0.2, -0.15) is 4.98 Å². The van der Waals surface area contributed by atoms with Crippen LogP contribution >= 0.6 is 0 Å². The highest BCUT2D eigenvalue weighted by Gasteiger charge is 2.09. The Bertz CT molecular complexity index is 856. The Kier molecular flexibility index (Phi) is 6.60. The molecule has 0 bridgehead atoms. The zero-order chi connectivity index (χ0) is 18.9. The molecule has 1 aromatic heterocycles. The molecule has 0 spiro atoms. The number of nitrogens with zero attached hydrogens (tertiary/aromatic N) is 2. The summed E-state index contributed by atoms with van der Waals surface area (Å²) in [7, 11) is 1.68. The fraction of sp³-hybridized carbons (Fsp3) is 0.238. The van der Waals surface area contributed by atoms with Crippen LogP contribution in [-0.2, 0) is 4.74 Å². The molecule has 0 amide bonds. The van der Waals surface area contributed by atoms with Crippen molar-refractivity contribution in [3.8, 4) is 17.0 Å². The predicted molar refractivity (Wildman–Crippen MR) is 109 cm³/mol. The van der Waals surface area contributed by atoms with Crippen LogP contribution in [0.1, 0.15) is 6.92 Å². The Morgan fingerprint density at radius 1 is 0.963 bits per heavy atom. The van der Waals surface area contributed by atoms with Gasteiger partial charge in [-0.1, -0.05) is 42.5 Å². The van der Waals surface area contributed by atoms with Gasteiger partial charge in [-0.05, 0) is 19.1 Å². The summed E-state index contributed by atoms with van der Waals surface area (Å²) in [6.07, 6.45) is 0. The van der Waals surface area contributed by atoms with Gasteiger partial charge in [0.2, 0.25) is 5.95 Å². The van der Waals surface area contributed by atoms with Gasteiger partial charge in [-0.25, -0.2) is 4.98 Å². The molecule has 0 radical (unpaired) electrons. The first-order valence-electron chi connectivity index (χ1n) is 8.96. The number of methoxy groups -OCH3 is 1. The summed E-state index contributed by atoms with van der Waals surface area (Å²) in [5.74, 6) is 2.00. The van der Waals surface area contributed by atoms with E-state index >= 15 is 0 Å². The van der Waals surface area contributed by atoms with Gasteiger partial charge in [0, 0.05) is 25.3 Å². The minimum atomic E-state index is 0.503. The number of anilines is 3. The van der Waals surface area contributed by atoms with E-state index in [0.29, 0.717) is 25.7 Å². The molecule has 0 atom stereocenters. The second kappa shape index (κ2) is 9.54. The van der Waals surface area contributed by atoms with Crippen molar-refractivity contribution in [1.82, 2.24) is 9.97 Å². The van der Waals surface area contributed by atoms with Crippen molar-refractivity contribution in [2.75, 3.05) is 37.5 Å². The lowest BCUT2D eigenvalue weighted by molar-refractivity contribution is 0.210. The quantitative estimate of drug-likeness (QED) is 0.550. The lowest BCUT2D eigenvalue weighted by Crippen LogP contribution is -2.10. The molecule has 2 aromatic carbocycles. The van der Waals surface area contributed by atoms with Gasteiger partial charge in [-0.15, -0.1) is 0 Å². The zero-order valence-corrected chi connectivity index (χ0v) is 15.6. The summed E-state index contributed by atoms with van der Waals surface area (Å²) in [6, 6.07) is 19.7. The first-order chi connectivity index (χ1) is 13.3. The Balaban J connectivity index is 1.92. The highest BCUT2D eigenvalue weighted by Crippen LogP contribution is 2.28. The molecule has 0 aliphatic rings. The largest absolute Gasteiger partial charge is 0.492 e. The number of ether oxygens (including phenoxy) is 2. The van der Waals surface area contributed by atoms with Gasteiger partial charge in [0.15, 0.2) is 0 Å². The summed E-state index contributed by atoms with van der Waals surface area (Å²) in [5, 5.41) is 6.55. The third-order valence-electron chi connectivity index (χ3n) is 3.84. The van der Waals surface area contributed by atoms with Gasteiger partial charge in [0.1, 0.15) is 11.6 Å². The molecule has 0 saturated carbocycles. The Labute approximate surface area is 159 Å². The number of hydrogen-bond acceptors (Lipinski definition) is 6. The number of nitrogens with one attached hydrogen (secondary N) is 2. The first kappa shape index (κ1) is 18.7. The van der Waals surface area contributed by atoms with E-state index in [1.54, 1.807) is 7.11 Å². The normalized spacial score (nSPS) is 10.4. The number of rotatable bonds is 9. The molecule has 1 heterocycles. The molecule has 0 unspecified atom stereocenters. The summed E-state index contributed by atoms with van der Waals surface area (Å²) in [6.45, 7) is 3.81. The van der Waals surface area contributed by atoms with Gasteiger partial charge >= 0.3 is 0 Å². The maximum absolute atomic E-state index is 5.68. The molecule has 3 rings (SSSR count). The maximum atomic E-state index is 5.68. The highest BCUT2D eigenvalue weighted by atomic mass is 16.5. The maximum Gasteiger partial charge on any atom is 0.229 e. The number of benzene rings is 2. The van der Waals surface area contributed by atoms with Crippen molar-refractivity contribution in [2.45, 2.75) is 6.92 Å². The zero-order valence-electron chi connectivity index (χ0n) is 15.6. The molecule has 6 nitrogen and oxygen atoms in total. The van der Waals surface area contributed by atoms with Crippen LogP contribution < -0.4 is 15.4 Å². The summed E-state index contributed by atoms with van der Waals surface area (Å²) >= 11 is 0. The Morgan fingerprint density at radius 3 is 2.52 bits per heavy atom. The molecule has 6 heteroatoms. The van der Waals surface area contributed by atoms with Crippen molar-refractivity contribution >= 4 is 17.5 Å². The molecule has 27 heavy (non-hydrogen) atoms. The van der Waals surface area contributed by atoms with Crippen molar-refractivity contribution in [3.63, 3.8) is 0 Å². The summed E-state index contributed by atoms with van der Waals surface area (Å²) < 4.78 is 10.8. The van der Waals surface area contributed by atoms with Crippen LogP contribution in [0.2, 0.25) is 0 Å². The minimum Gasteiger partial charge on any atom is -0.492 e. The van der Waals surface area contributed by atoms with E-state index in [-0.39, 0.29) is 0 Å². The van der Waals surface area contributed by atoms with E-state index in [9.17, 15) is 0 Å². The molecule has 3 aromatic rings. The van der Waals surface area contributed by atoms with Crippen LogP contribution in [-0.4, -0.2) is 36.8 Å². The molecular weight excluding hydrogens is 340 g/mol. The summed E-state index contributed by atoms with van der Waals surface area (Å²) in [5.41, 5.74) is 2.69. The minimum absolute atomic E-state index is 0.503. The third kappa shape index (κ3) is 5.18. The number of hydrogen-bond donors (Lipinski definition) is 2. The third-order valence-corrected chi connectivity index (χ3v) is 3.84. The molecular formula is C21H24N4O2. The van der Waals surface area contributed by atoms with Gasteiger partial charge < -0.3 is 20.1 Å². The smallest absolute Gasteiger partial charge is 0.229 e. The van der Waals surface area contributed by atoms with Crippen molar-refractivity contribution in [2.24, 2.45) is 0 Å². The summed E-state index contributed by atoms with van der Waals surface area (Å²) in [4.78, 5) is 9.26. The van der Waals surface area contributed by atoms with Crippen LogP contribution in [0.5, 0.6) is 5.75 Å². The topological polar surface area (TPSA) is 68.3 Å². The standard InChI is InChI=1S/C21H24N4O2/c1-3-27-19-12-8-7-11-17(19)23-21-24-18(16-9-5-4-6-10-16)15-20(25-21)22-13-14-26-2/h4-12,15H,3,13-14H2,1-2H3,(H2,22,23,24,25). The van der Waals surface area contributed by atoms with Crippen molar-refractivity contribution < 1.29 is 9.47 Å².